The first-order valence-corrected chi connectivity index (χ1v) is 7.06. The lowest BCUT2D eigenvalue weighted by atomic mass is 9.99. The molecule has 1 rings (SSSR count). The van der Waals surface area contributed by atoms with Crippen molar-refractivity contribution in [3.05, 3.63) is 29.3 Å². The van der Waals surface area contributed by atoms with Crippen molar-refractivity contribution in [1.82, 2.24) is 0 Å². The van der Waals surface area contributed by atoms with E-state index in [1.165, 1.54) is 0 Å². The lowest BCUT2D eigenvalue weighted by Gasteiger charge is -2.21. The summed E-state index contributed by atoms with van der Waals surface area (Å²) in [6.07, 6.45) is 3.39. The number of nitrogens with two attached hydrogens (primary N) is 1. The lowest BCUT2D eigenvalue weighted by Crippen LogP contribution is -2.25. The Morgan fingerprint density at radius 3 is 2.55 bits per heavy atom. The number of anilines is 1. The predicted octanol–water partition coefficient (Wildman–Crippen LogP) is 2.93. The van der Waals surface area contributed by atoms with Crippen molar-refractivity contribution in [2.24, 2.45) is 0 Å². The molecule has 0 spiro atoms. The van der Waals surface area contributed by atoms with Crippen LogP contribution in [0, 0.1) is 0 Å². The predicted molar refractivity (Wildman–Crippen MR) is 80.7 cm³/mol. The third-order valence-corrected chi connectivity index (χ3v) is 2.89. The summed E-state index contributed by atoms with van der Waals surface area (Å²) in [4.78, 5) is 12.2. The van der Waals surface area contributed by atoms with Crippen molar-refractivity contribution in [3.8, 4) is 0 Å². The van der Waals surface area contributed by atoms with Crippen LogP contribution in [0.25, 0.3) is 0 Å². The van der Waals surface area contributed by atoms with Crippen LogP contribution in [0.15, 0.2) is 18.2 Å². The highest BCUT2D eigenvalue weighted by molar-refractivity contribution is 5.97. The number of rotatable bonds is 6. The van der Waals surface area contributed by atoms with Crippen LogP contribution in [0.4, 0.5) is 5.69 Å². The number of nitrogen functional groups attached to an aromatic ring is 1. The quantitative estimate of drug-likeness (QED) is 0.477. The number of esters is 1. The summed E-state index contributed by atoms with van der Waals surface area (Å²) in [5, 5.41) is 8.78. The van der Waals surface area contributed by atoms with Gasteiger partial charge in [0.15, 0.2) is 0 Å². The number of carbonyl (C=O) groups is 1. The number of aliphatic hydroxyl groups is 1. The number of benzene rings is 1. The number of unbranched alkanes of at least 4 members (excludes halogenated alkanes) is 2. The third-order valence-electron chi connectivity index (χ3n) is 2.89. The van der Waals surface area contributed by atoms with E-state index in [1.807, 2.05) is 32.9 Å². The Kier molecular flexibility index (Phi) is 6.02. The van der Waals surface area contributed by atoms with Gasteiger partial charge >= 0.3 is 5.97 Å². The topological polar surface area (TPSA) is 72.5 Å². The zero-order valence-electron chi connectivity index (χ0n) is 12.6. The van der Waals surface area contributed by atoms with E-state index in [0.717, 1.165) is 31.2 Å². The fourth-order valence-corrected chi connectivity index (χ4v) is 2.01. The van der Waals surface area contributed by atoms with Crippen LogP contribution in [0.1, 0.15) is 56.0 Å². The number of carbonyl (C=O) groups excluding carboxylic acids is 1. The summed E-state index contributed by atoms with van der Waals surface area (Å²) < 4.78 is 5.41. The normalized spacial score (nSPS) is 11.4. The molecule has 1 aromatic rings. The first kappa shape index (κ1) is 16.5. The van der Waals surface area contributed by atoms with E-state index in [-0.39, 0.29) is 12.6 Å². The van der Waals surface area contributed by atoms with Crippen LogP contribution in [0.3, 0.4) is 0 Å². The van der Waals surface area contributed by atoms with Crippen molar-refractivity contribution in [1.29, 1.82) is 0 Å². The second-order valence-electron chi connectivity index (χ2n) is 5.92. The molecule has 3 N–H and O–H groups in total. The standard InChI is InChI=1S/C16H25NO3/c1-16(2,3)20-15(19)14-12(8-5-4-6-11-18)9-7-10-13(14)17/h7,9-10,18H,4-6,8,11,17H2,1-3H3. The maximum Gasteiger partial charge on any atom is 0.341 e. The molecule has 0 saturated carbocycles. The van der Waals surface area contributed by atoms with Gasteiger partial charge in [-0.15, -0.1) is 0 Å². The smallest absolute Gasteiger partial charge is 0.341 e. The van der Waals surface area contributed by atoms with E-state index in [1.54, 1.807) is 6.07 Å². The zero-order chi connectivity index (χ0) is 15.2. The number of hydrogen-bond donors (Lipinski definition) is 2. The van der Waals surface area contributed by atoms with Gasteiger partial charge in [0.05, 0.1) is 5.56 Å². The monoisotopic (exact) mass is 279 g/mol. The molecular weight excluding hydrogens is 254 g/mol. The van der Waals surface area contributed by atoms with Crippen LogP contribution in [0.2, 0.25) is 0 Å². The molecule has 0 aliphatic carbocycles. The van der Waals surface area contributed by atoms with E-state index in [0.29, 0.717) is 11.3 Å². The van der Waals surface area contributed by atoms with E-state index in [2.05, 4.69) is 0 Å². The second kappa shape index (κ2) is 7.29. The largest absolute Gasteiger partial charge is 0.456 e. The molecule has 0 unspecified atom stereocenters. The number of aryl methyl sites for hydroxylation is 1. The molecule has 0 atom stereocenters. The van der Waals surface area contributed by atoms with Gasteiger partial charge in [-0.2, -0.15) is 0 Å². The molecule has 0 aromatic heterocycles. The van der Waals surface area contributed by atoms with E-state index >= 15 is 0 Å². The van der Waals surface area contributed by atoms with Crippen molar-refractivity contribution >= 4 is 11.7 Å². The van der Waals surface area contributed by atoms with E-state index in [4.69, 9.17) is 15.6 Å². The van der Waals surface area contributed by atoms with Gasteiger partial charge in [0, 0.05) is 12.3 Å². The molecule has 0 aliphatic rings. The van der Waals surface area contributed by atoms with Gasteiger partial charge in [-0.25, -0.2) is 4.79 Å². The summed E-state index contributed by atoms with van der Waals surface area (Å²) in [6.45, 7) is 5.72. The van der Waals surface area contributed by atoms with Gasteiger partial charge in [-0.3, -0.25) is 0 Å². The van der Waals surface area contributed by atoms with Gasteiger partial charge in [0.25, 0.3) is 0 Å². The van der Waals surface area contributed by atoms with E-state index < -0.39 is 5.60 Å². The van der Waals surface area contributed by atoms with Crippen LogP contribution < -0.4 is 5.73 Å². The minimum atomic E-state index is -0.534. The van der Waals surface area contributed by atoms with E-state index in [9.17, 15) is 4.79 Å². The first-order valence-electron chi connectivity index (χ1n) is 7.06. The number of hydrogen-bond acceptors (Lipinski definition) is 4. The molecule has 20 heavy (non-hydrogen) atoms. The van der Waals surface area contributed by atoms with Crippen molar-refractivity contribution in [3.63, 3.8) is 0 Å². The van der Waals surface area contributed by atoms with Crippen LogP contribution in [-0.2, 0) is 11.2 Å². The molecule has 4 heteroatoms. The van der Waals surface area contributed by atoms with Crippen molar-refractivity contribution in [2.75, 3.05) is 12.3 Å². The molecular formula is C16H25NO3. The minimum Gasteiger partial charge on any atom is -0.456 e. The summed E-state index contributed by atoms with van der Waals surface area (Å²) in [6, 6.07) is 5.48. The van der Waals surface area contributed by atoms with Crippen LogP contribution in [0.5, 0.6) is 0 Å². The molecule has 0 radical (unpaired) electrons. The van der Waals surface area contributed by atoms with Gasteiger partial charge in [-0.05, 0) is 51.7 Å². The lowest BCUT2D eigenvalue weighted by molar-refractivity contribution is 0.00696. The highest BCUT2D eigenvalue weighted by Crippen LogP contribution is 2.22. The fraction of sp³-hybridized carbons (Fsp3) is 0.562. The van der Waals surface area contributed by atoms with Crippen molar-refractivity contribution in [2.45, 2.75) is 52.1 Å². The molecule has 0 heterocycles. The summed E-state index contributed by atoms with van der Waals surface area (Å²) >= 11 is 0. The maximum absolute atomic E-state index is 12.2. The van der Waals surface area contributed by atoms with Crippen LogP contribution >= 0.6 is 0 Å². The van der Waals surface area contributed by atoms with Gasteiger partial charge in [0.1, 0.15) is 5.60 Å². The SMILES string of the molecule is CC(C)(C)OC(=O)c1c(N)cccc1CCCCCO. The second-order valence-corrected chi connectivity index (χ2v) is 5.92. The highest BCUT2D eigenvalue weighted by atomic mass is 16.6. The molecule has 1 aromatic carbocycles. The molecule has 0 fully saturated rings. The minimum absolute atomic E-state index is 0.204. The van der Waals surface area contributed by atoms with Gasteiger partial charge in [-0.1, -0.05) is 18.6 Å². The summed E-state index contributed by atoms with van der Waals surface area (Å²) in [7, 11) is 0. The Labute approximate surface area is 120 Å². The molecule has 112 valence electrons. The Morgan fingerprint density at radius 2 is 1.95 bits per heavy atom. The average Bonchev–Trinajstić information content (AvgIpc) is 2.32. The number of ether oxygens (including phenoxy) is 1. The highest BCUT2D eigenvalue weighted by Gasteiger charge is 2.22. The van der Waals surface area contributed by atoms with Gasteiger partial charge in [0.2, 0.25) is 0 Å². The van der Waals surface area contributed by atoms with Crippen LogP contribution in [-0.4, -0.2) is 23.3 Å². The Bertz CT molecular complexity index is 450. The average molecular weight is 279 g/mol. The molecule has 0 saturated heterocycles. The molecule has 0 aliphatic heterocycles. The number of aliphatic hydroxyl groups excluding tert-OH is 1. The molecule has 0 bridgehead atoms. The summed E-state index contributed by atoms with van der Waals surface area (Å²) in [5.74, 6) is -0.368. The van der Waals surface area contributed by atoms with Gasteiger partial charge < -0.3 is 15.6 Å². The molecule has 0 amide bonds. The Hall–Kier alpha value is -1.55. The Morgan fingerprint density at radius 1 is 1.25 bits per heavy atom. The zero-order valence-corrected chi connectivity index (χ0v) is 12.6. The maximum atomic E-state index is 12.2. The summed E-state index contributed by atoms with van der Waals surface area (Å²) in [5.41, 5.74) is 7.25. The van der Waals surface area contributed by atoms with Crippen molar-refractivity contribution < 1.29 is 14.6 Å². The Balaban J connectivity index is 2.85. The third kappa shape index (κ3) is 5.21. The first-order chi connectivity index (χ1) is 9.35. The fourth-order valence-electron chi connectivity index (χ4n) is 2.01. The molecule has 4 nitrogen and oxygen atoms in total.